The molecule has 5 rings (SSSR count). The maximum absolute atomic E-state index is 14.9. The lowest BCUT2D eigenvalue weighted by molar-refractivity contribution is -0.120. The van der Waals surface area contributed by atoms with E-state index >= 15 is 0 Å². The molecule has 0 saturated heterocycles. The van der Waals surface area contributed by atoms with Gasteiger partial charge in [0.15, 0.2) is 11.6 Å². The predicted octanol–water partition coefficient (Wildman–Crippen LogP) is 6.92. The highest BCUT2D eigenvalue weighted by atomic mass is 19.2. The summed E-state index contributed by atoms with van der Waals surface area (Å²) in [5.41, 5.74) is -1.28. The fourth-order valence-electron chi connectivity index (χ4n) is 6.04. The zero-order valence-electron chi connectivity index (χ0n) is 32.2. The van der Waals surface area contributed by atoms with Crippen LogP contribution in [0.25, 0.3) is 0 Å². The number of halogens is 6. The van der Waals surface area contributed by atoms with Gasteiger partial charge >= 0.3 is 0 Å². The minimum absolute atomic E-state index is 0.0738. The van der Waals surface area contributed by atoms with Gasteiger partial charge in [0.2, 0.25) is 5.91 Å². The molecule has 10 nitrogen and oxygen atoms in total. The molecule has 3 N–H and O–H groups in total. The number of amides is 4. The van der Waals surface area contributed by atoms with Crippen LogP contribution >= 0.6 is 0 Å². The van der Waals surface area contributed by atoms with Crippen LogP contribution in [0.15, 0.2) is 97.1 Å². The van der Waals surface area contributed by atoms with Crippen molar-refractivity contribution in [1.29, 1.82) is 0 Å². The highest BCUT2D eigenvalue weighted by molar-refractivity contribution is 6.10. The number of nitrogens with one attached hydrogen (secondary N) is 3. The van der Waals surface area contributed by atoms with Crippen LogP contribution in [0.2, 0.25) is 0 Å². The average Bonchev–Trinajstić information content (AvgIpc) is 3.20. The minimum Gasteiger partial charge on any atom is -0.497 e. The number of carbonyl (C=O) groups is 4. The summed E-state index contributed by atoms with van der Waals surface area (Å²) in [4.78, 5) is 57.1. The first-order chi connectivity index (χ1) is 28.7. The molecule has 0 fully saturated rings. The summed E-state index contributed by atoms with van der Waals surface area (Å²) in [6.07, 6.45) is -1.05. The first-order valence-corrected chi connectivity index (χ1v) is 18.0. The molecule has 0 aliphatic heterocycles. The Hall–Kier alpha value is -7.28. The van der Waals surface area contributed by atoms with Crippen molar-refractivity contribution in [2.75, 3.05) is 31.0 Å². The molecule has 0 unspecified atom stereocenters. The van der Waals surface area contributed by atoms with Crippen molar-refractivity contribution in [2.24, 2.45) is 0 Å². The van der Waals surface area contributed by atoms with E-state index in [1.807, 2.05) is 0 Å². The zero-order valence-corrected chi connectivity index (χ0v) is 32.2. The van der Waals surface area contributed by atoms with Crippen molar-refractivity contribution in [3.63, 3.8) is 0 Å². The van der Waals surface area contributed by atoms with E-state index in [4.69, 9.17) is 9.47 Å². The fraction of sp³-hybridized carbons (Fsp3) is 0.182. The second kappa shape index (κ2) is 19.9. The standard InChI is InChI=1S/C44H36F6N4O6/c1-4-5-14-54(32-8-12-34(60-3)13-9-32)44(58)40(20-26-17-29(47)22-30(48)18-26)53-42(56)36-24-38(50)37(49)23-35(36)41(55)52-39(19-25-15-27(45)21-28(46)16-25)43(57)51-31-6-10-33(59-2)11-7-31/h6-13,15-18,21-24,39-40H,14,19-20H2,1-3H3,(H,51,57)(H,52,55)(H,53,56)/t39-,40-/m0/s1. The third-order valence-electron chi connectivity index (χ3n) is 8.92. The molecule has 0 aliphatic rings. The molecule has 0 heterocycles. The van der Waals surface area contributed by atoms with E-state index in [-0.39, 0.29) is 29.0 Å². The summed E-state index contributed by atoms with van der Waals surface area (Å²) in [7, 11) is 2.85. The van der Waals surface area contributed by atoms with Crippen LogP contribution in [-0.4, -0.2) is 56.5 Å². The Morgan fingerprint density at radius 2 is 1.05 bits per heavy atom. The Labute approximate surface area is 340 Å². The molecule has 16 heteroatoms. The Balaban J connectivity index is 1.51. The molecule has 2 atom stereocenters. The number of benzene rings is 5. The molecule has 310 valence electrons. The van der Waals surface area contributed by atoms with Crippen molar-refractivity contribution in [3.8, 4) is 23.3 Å². The summed E-state index contributed by atoms with van der Waals surface area (Å²) in [6.45, 7) is 1.30. The molecule has 0 spiro atoms. The Bertz CT molecular complexity index is 2410. The van der Waals surface area contributed by atoms with Crippen molar-refractivity contribution in [2.45, 2.75) is 31.8 Å². The molecule has 60 heavy (non-hydrogen) atoms. The highest BCUT2D eigenvalue weighted by Crippen LogP contribution is 2.23. The number of rotatable bonds is 15. The molecule has 0 aromatic heterocycles. The van der Waals surface area contributed by atoms with Gasteiger partial charge in [0.1, 0.15) is 46.9 Å². The molecule has 4 amide bonds. The maximum atomic E-state index is 14.9. The van der Waals surface area contributed by atoms with Crippen LogP contribution in [0.4, 0.5) is 37.7 Å². The first kappa shape index (κ1) is 43.8. The molecule has 0 radical (unpaired) electrons. The fourth-order valence-corrected chi connectivity index (χ4v) is 6.04. The topological polar surface area (TPSA) is 126 Å². The number of anilines is 2. The number of carbonyl (C=O) groups excluding carboxylic acids is 4. The van der Waals surface area contributed by atoms with Crippen LogP contribution in [0.3, 0.4) is 0 Å². The highest BCUT2D eigenvalue weighted by Gasteiger charge is 2.31. The van der Waals surface area contributed by atoms with Crippen LogP contribution < -0.4 is 30.3 Å². The van der Waals surface area contributed by atoms with E-state index in [1.165, 1.54) is 57.5 Å². The molecular weight excluding hydrogens is 794 g/mol. The van der Waals surface area contributed by atoms with Crippen molar-refractivity contribution in [1.82, 2.24) is 10.6 Å². The Morgan fingerprint density at radius 1 is 0.617 bits per heavy atom. The lowest BCUT2D eigenvalue weighted by Crippen LogP contribution is -2.50. The molecule has 0 bridgehead atoms. The van der Waals surface area contributed by atoms with E-state index in [0.717, 1.165) is 29.2 Å². The molecular formula is C44H36F6N4O6. The van der Waals surface area contributed by atoms with Crippen LogP contribution in [0.1, 0.15) is 38.8 Å². The lowest BCUT2D eigenvalue weighted by Gasteiger charge is -2.27. The van der Waals surface area contributed by atoms with Gasteiger partial charge in [-0.05, 0) is 103 Å². The summed E-state index contributed by atoms with van der Waals surface area (Å²) in [5.74, 6) is -5.16. The van der Waals surface area contributed by atoms with Crippen LogP contribution in [0.5, 0.6) is 11.5 Å². The largest absolute Gasteiger partial charge is 0.497 e. The average molecular weight is 831 g/mol. The number of ether oxygens (including phenoxy) is 2. The van der Waals surface area contributed by atoms with Gasteiger partial charge in [0.25, 0.3) is 17.7 Å². The van der Waals surface area contributed by atoms with Gasteiger partial charge in [0, 0.05) is 36.3 Å². The normalized spacial score (nSPS) is 11.6. The number of nitrogens with zero attached hydrogens (tertiary/aromatic N) is 1. The monoisotopic (exact) mass is 830 g/mol. The van der Waals surface area contributed by atoms with E-state index in [2.05, 4.69) is 27.8 Å². The van der Waals surface area contributed by atoms with Gasteiger partial charge in [-0.2, -0.15) is 0 Å². The number of hydrogen-bond donors (Lipinski definition) is 3. The summed E-state index contributed by atoms with van der Waals surface area (Å²) >= 11 is 0. The first-order valence-electron chi connectivity index (χ1n) is 18.0. The minimum atomic E-state index is -1.67. The van der Waals surface area contributed by atoms with Gasteiger partial charge < -0.3 is 25.4 Å². The molecule has 5 aromatic carbocycles. The second-order valence-electron chi connectivity index (χ2n) is 13.1. The van der Waals surface area contributed by atoms with Gasteiger partial charge in [0.05, 0.1) is 31.9 Å². The van der Waals surface area contributed by atoms with Crippen molar-refractivity contribution >= 4 is 35.0 Å². The van der Waals surface area contributed by atoms with Crippen LogP contribution in [0, 0.1) is 46.7 Å². The predicted molar refractivity (Wildman–Crippen MR) is 209 cm³/mol. The summed E-state index contributed by atoms with van der Waals surface area (Å²) in [5, 5.41) is 7.27. The van der Waals surface area contributed by atoms with Gasteiger partial charge in [-0.1, -0.05) is 5.92 Å². The number of hydrogen-bond acceptors (Lipinski definition) is 6. The van der Waals surface area contributed by atoms with E-state index < -0.39 is 94.6 Å². The van der Waals surface area contributed by atoms with E-state index in [0.29, 0.717) is 35.8 Å². The molecule has 0 saturated carbocycles. The molecule has 0 aliphatic carbocycles. The smallest absolute Gasteiger partial charge is 0.252 e. The van der Waals surface area contributed by atoms with Crippen molar-refractivity contribution < 1.29 is 55.0 Å². The quantitative estimate of drug-likeness (QED) is 0.0778. The Morgan fingerprint density at radius 3 is 1.50 bits per heavy atom. The molecule has 5 aromatic rings. The van der Waals surface area contributed by atoms with E-state index in [1.54, 1.807) is 12.1 Å². The SMILES string of the molecule is CC#CCN(C(=O)[C@H](Cc1cc(F)cc(F)c1)NC(=O)c1cc(F)c(F)cc1C(=O)N[C@@H](Cc1cc(F)cc(F)c1)C(=O)Nc1ccc(OC)cc1)c1ccc(OC)cc1. The Kier molecular flexibility index (Phi) is 14.6. The van der Waals surface area contributed by atoms with E-state index in [9.17, 15) is 45.5 Å². The lowest BCUT2D eigenvalue weighted by atomic mass is 10.0. The van der Waals surface area contributed by atoms with Gasteiger partial charge in [-0.15, -0.1) is 5.92 Å². The summed E-state index contributed by atoms with van der Waals surface area (Å²) < 4.78 is 97.1. The number of methoxy groups -OCH3 is 2. The zero-order chi connectivity index (χ0) is 43.5. The summed E-state index contributed by atoms with van der Waals surface area (Å²) in [6, 6.07) is 14.5. The maximum Gasteiger partial charge on any atom is 0.252 e. The van der Waals surface area contributed by atoms with Gasteiger partial charge in [-0.3, -0.25) is 24.1 Å². The van der Waals surface area contributed by atoms with Crippen molar-refractivity contribution in [3.05, 3.63) is 154 Å². The van der Waals surface area contributed by atoms with Gasteiger partial charge in [-0.25, -0.2) is 26.3 Å². The second-order valence-corrected chi connectivity index (χ2v) is 13.1. The third kappa shape index (κ3) is 11.4. The van der Waals surface area contributed by atoms with Crippen LogP contribution in [-0.2, 0) is 22.4 Å². The third-order valence-corrected chi connectivity index (χ3v) is 8.92.